The third-order valence-electron chi connectivity index (χ3n) is 4.60. The minimum Gasteiger partial charge on any atom is -0.381 e. The van der Waals surface area contributed by atoms with Crippen LogP contribution in [0.2, 0.25) is 0 Å². The van der Waals surface area contributed by atoms with Gasteiger partial charge in [0.05, 0.1) is 0 Å². The van der Waals surface area contributed by atoms with Crippen LogP contribution in [-0.4, -0.2) is 26.3 Å². The second-order valence-electron chi connectivity index (χ2n) is 12.3. The summed E-state index contributed by atoms with van der Waals surface area (Å²) in [6, 6.07) is 0. The summed E-state index contributed by atoms with van der Waals surface area (Å²) in [7, 11) is 0. The fourth-order valence-corrected chi connectivity index (χ4v) is 2.78. The van der Waals surface area contributed by atoms with Crippen molar-refractivity contribution in [2.45, 2.75) is 202 Å². The molecule has 2 saturated heterocycles. The van der Waals surface area contributed by atoms with Crippen LogP contribution in [0, 0.1) is 29.6 Å². The van der Waals surface area contributed by atoms with Crippen LogP contribution in [0.25, 0.3) is 0 Å². The first-order valence-corrected chi connectivity index (χ1v) is 18.8. The van der Waals surface area contributed by atoms with Crippen LogP contribution in [-0.2, 0) is 4.74 Å². The van der Waals surface area contributed by atoms with Crippen molar-refractivity contribution in [2.24, 2.45) is 29.6 Å². The van der Waals surface area contributed by atoms with Crippen LogP contribution >= 0.6 is 0 Å². The second kappa shape index (κ2) is 59.3. The summed E-state index contributed by atoms with van der Waals surface area (Å²) < 4.78 is 4.94. The molecule has 260 valence electrons. The lowest BCUT2D eigenvalue weighted by Crippen LogP contribution is -2.03. The zero-order valence-electron chi connectivity index (χ0n) is 33.4. The third kappa shape index (κ3) is 119. The monoisotopic (exact) mass is 592 g/mol. The van der Waals surface area contributed by atoms with E-state index in [0.717, 1.165) is 42.8 Å². The fourth-order valence-electron chi connectivity index (χ4n) is 2.78. The number of nitrogens with one attached hydrogen (secondary N) is 1. The Hall–Kier alpha value is -0.0800. The van der Waals surface area contributed by atoms with Gasteiger partial charge in [0.1, 0.15) is 0 Å². The molecule has 0 amide bonds. The van der Waals surface area contributed by atoms with Crippen LogP contribution in [0.15, 0.2) is 0 Å². The Morgan fingerprint density at radius 2 is 0.659 bits per heavy atom. The van der Waals surface area contributed by atoms with Crippen molar-refractivity contribution in [3.05, 3.63) is 0 Å². The van der Waals surface area contributed by atoms with E-state index in [2.05, 4.69) is 81.5 Å². The van der Waals surface area contributed by atoms with E-state index in [1.807, 2.05) is 55.4 Å². The summed E-state index contributed by atoms with van der Waals surface area (Å²) in [5.74, 6) is 4.56. The number of ether oxygens (including phenoxy) is 1. The van der Waals surface area contributed by atoms with Gasteiger partial charge < -0.3 is 10.1 Å². The molecule has 0 unspecified atom stereocenters. The maximum Gasteiger partial charge on any atom is 0.0466 e. The van der Waals surface area contributed by atoms with Gasteiger partial charge in [-0.2, -0.15) is 0 Å². The van der Waals surface area contributed by atoms with Gasteiger partial charge in [-0.1, -0.05) is 164 Å². The smallest absolute Gasteiger partial charge is 0.0466 e. The lowest BCUT2D eigenvalue weighted by atomic mass is 10.1. The molecule has 1 N–H and O–H groups in total. The molecule has 2 heteroatoms. The van der Waals surface area contributed by atoms with E-state index in [4.69, 9.17) is 4.74 Å². The topological polar surface area (TPSA) is 21.3 Å². The Morgan fingerprint density at radius 3 is 0.732 bits per heavy atom. The first-order chi connectivity index (χ1) is 19.5. The second-order valence-corrected chi connectivity index (χ2v) is 12.3. The number of hydrogen-bond donors (Lipinski definition) is 1. The fraction of sp³-hybridized carbons (Fsp3) is 1.00. The first kappa shape index (κ1) is 56.7. The summed E-state index contributed by atoms with van der Waals surface area (Å²) in [5, 5.41) is 3.22. The van der Waals surface area contributed by atoms with Crippen LogP contribution in [0.3, 0.4) is 0 Å². The summed E-state index contributed by atoms with van der Waals surface area (Å²) in [6.07, 6.45) is 15.8. The Bertz CT molecular complexity index is 240. The number of hydrogen-bond acceptors (Lipinski definition) is 2. The highest BCUT2D eigenvalue weighted by Crippen LogP contribution is 2.35. The summed E-state index contributed by atoms with van der Waals surface area (Å²) in [4.78, 5) is 0. The Morgan fingerprint density at radius 1 is 0.415 bits per heavy atom. The van der Waals surface area contributed by atoms with Crippen LogP contribution < -0.4 is 5.32 Å². The summed E-state index contributed by atoms with van der Waals surface area (Å²) in [5.41, 5.74) is 0. The molecule has 2 heterocycles. The lowest BCUT2D eigenvalue weighted by Gasteiger charge is -1.94. The van der Waals surface area contributed by atoms with E-state index in [1.165, 1.54) is 83.7 Å². The van der Waals surface area contributed by atoms with Crippen LogP contribution in [0.1, 0.15) is 202 Å². The van der Waals surface area contributed by atoms with Gasteiger partial charge in [-0.25, -0.2) is 0 Å². The highest BCUT2D eigenvalue weighted by Gasteiger charge is 2.23. The van der Waals surface area contributed by atoms with Crippen LogP contribution in [0.4, 0.5) is 0 Å². The normalized spacial score (nSPS) is 15.3. The average molecular weight is 592 g/mol. The van der Waals surface area contributed by atoms with Gasteiger partial charge in [0.2, 0.25) is 0 Å². The van der Waals surface area contributed by atoms with Gasteiger partial charge in [0.25, 0.3) is 0 Å². The predicted molar refractivity (Wildman–Crippen MR) is 200 cm³/mol. The van der Waals surface area contributed by atoms with E-state index < -0.39 is 0 Å². The van der Waals surface area contributed by atoms with Crippen molar-refractivity contribution in [3.8, 4) is 0 Å². The van der Waals surface area contributed by atoms with Crippen molar-refractivity contribution in [1.82, 2.24) is 5.32 Å². The Labute approximate surface area is 267 Å². The quantitative estimate of drug-likeness (QED) is 0.327. The first-order valence-electron chi connectivity index (χ1n) is 18.8. The highest BCUT2D eigenvalue weighted by molar-refractivity contribution is 4.75. The van der Waals surface area contributed by atoms with Crippen molar-refractivity contribution in [3.63, 3.8) is 0 Å². The largest absolute Gasteiger partial charge is 0.381 e. The van der Waals surface area contributed by atoms with E-state index in [-0.39, 0.29) is 0 Å². The zero-order valence-corrected chi connectivity index (χ0v) is 33.4. The van der Waals surface area contributed by atoms with Gasteiger partial charge in [-0.15, -0.1) is 0 Å². The van der Waals surface area contributed by atoms with Gasteiger partial charge >= 0.3 is 0 Å². The van der Waals surface area contributed by atoms with Crippen LogP contribution in [0.5, 0.6) is 0 Å². The predicted octanol–water partition coefficient (Wildman–Crippen LogP) is 14.3. The van der Waals surface area contributed by atoms with E-state index in [1.54, 1.807) is 0 Å². The van der Waals surface area contributed by atoms with Crippen molar-refractivity contribution < 1.29 is 4.74 Å². The van der Waals surface area contributed by atoms with Gasteiger partial charge in [-0.3, -0.25) is 0 Å². The molecule has 0 bridgehead atoms. The van der Waals surface area contributed by atoms with Crippen molar-refractivity contribution in [2.75, 3.05) is 26.3 Å². The zero-order chi connectivity index (χ0) is 33.9. The molecule has 2 aliphatic heterocycles. The maximum atomic E-state index is 4.94. The molecule has 41 heavy (non-hydrogen) atoms. The van der Waals surface area contributed by atoms with E-state index >= 15 is 0 Å². The summed E-state index contributed by atoms with van der Waals surface area (Å²) >= 11 is 0. The minimum atomic E-state index is 0.833. The maximum absolute atomic E-state index is 4.94. The molecular formula is C39H93NO. The molecule has 0 aromatic rings. The molecular weight excluding hydrogens is 498 g/mol. The molecule has 4 fully saturated rings. The SMILES string of the molecule is C1CCCC1.C1CCNC1.C1CCOC1.CC.CC.CC.CC.CC(C)C.CC(C)C.CC(C)C.CC(C)C1CC1. The Balaban J connectivity index is -0.0000000635. The van der Waals surface area contributed by atoms with Crippen molar-refractivity contribution in [1.29, 1.82) is 0 Å². The molecule has 2 aliphatic carbocycles. The van der Waals surface area contributed by atoms with Crippen molar-refractivity contribution >= 4 is 0 Å². The van der Waals surface area contributed by atoms with Gasteiger partial charge in [-0.05, 0) is 81.2 Å². The number of rotatable bonds is 1. The molecule has 2 saturated carbocycles. The molecule has 2 nitrogen and oxygen atoms in total. The Kier molecular flexibility index (Phi) is 82.0. The molecule has 0 radical (unpaired) electrons. The minimum absolute atomic E-state index is 0.833. The lowest BCUT2D eigenvalue weighted by molar-refractivity contribution is 0.198. The van der Waals surface area contributed by atoms with E-state index in [9.17, 15) is 0 Å². The molecule has 0 atom stereocenters. The van der Waals surface area contributed by atoms with Gasteiger partial charge in [0, 0.05) is 13.2 Å². The molecule has 4 aliphatic rings. The molecule has 0 spiro atoms. The van der Waals surface area contributed by atoms with E-state index in [0.29, 0.717) is 0 Å². The average Bonchev–Trinajstić information content (AvgIpc) is 3.47. The standard InChI is InChI=1S/C6H12.C5H10.C4H9N.C4H8O.3C4H10.4C2H6/c1-5(2)6-3-4-6;3*1-2-4-5-3-1;3*1-4(2)3;4*1-2/h5-6H,3-4H2,1-2H3;1-5H2;5H,1-4H2;1-4H2;3*4H,1-3H3;4*1-2H3. The summed E-state index contributed by atoms with van der Waals surface area (Å²) in [6.45, 7) is 44.6. The molecule has 0 aromatic heterocycles. The van der Waals surface area contributed by atoms with Gasteiger partial charge in [0.15, 0.2) is 0 Å². The molecule has 0 aromatic carbocycles. The molecule has 4 rings (SSSR count). The third-order valence-corrected chi connectivity index (χ3v) is 4.60. The highest BCUT2D eigenvalue weighted by atomic mass is 16.5.